The zero-order valence-electron chi connectivity index (χ0n) is 8.19. The third-order valence-corrected chi connectivity index (χ3v) is 2.13. The normalized spacial score (nSPS) is 10.5. The molecule has 0 saturated carbocycles. The topological polar surface area (TPSA) is 44.5 Å². The van der Waals surface area contributed by atoms with E-state index >= 15 is 0 Å². The van der Waals surface area contributed by atoms with Gasteiger partial charge in [0.05, 0.1) is 0 Å². The van der Waals surface area contributed by atoms with E-state index in [1.807, 2.05) is 24.3 Å². The van der Waals surface area contributed by atoms with Crippen molar-refractivity contribution in [3.8, 4) is 0 Å². The van der Waals surface area contributed by atoms with Gasteiger partial charge in [0.2, 0.25) is 0 Å². The minimum Gasteiger partial charge on any atom is -0.389 e. The van der Waals surface area contributed by atoms with Crippen LogP contribution in [-0.2, 0) is 9.47 Å². The summed E-state index contributed by atoms with van der Waals surface area (Å²) in [5.41, 5.74) is 7.26. The van der Waals surface area contributed by atoms with Crippen molar-refractivity contribution in [3.63, 3.8) is 0 Å². The van der Waals surface area contributed by atoms with Crippen LogP contribution in [0.5, 0.6) is 0 Å². The molecule has 1 rings (SSSR count). The highest BCUT2D eigenvalue weighted by atomic mass is 32.1. The molecule has 0 aliphatic carbocycles. The second kappa shape index (κ2) is 5.05. The van der Waals surface area contributed by atoms with Gasteiger partial charge in [-0.05, 0) is 0 Å². The molecule has 3 nitrogen and oxygen atoms in total. The summed E-state index contributed by atoms with van der Waals surface area (Å²) in [4.78, 5) is 0.392. The second-order valence-electron chi connectivity index (χ2n) is 2.79. The number of ether oxygens (including phenoxy) is 2. The van der Waals surface area contributed by atoms with E-state index < -0.39 is 0 Å². The molecule has 0 radical (unpaired) electrons. The molecule has 0 aromatic heterocycles. The van der Waals surface area contributed by atoms with Gasteiger partial charge in [-0.3, -0.25) is 0 Å². The van der Waals surface area contributed by atoms with E-state index in [0.717, 1.165) is 11.1 Å². The van der Waals surface area contributed by atoms with Crippen LogP contribution < -0.4 is 5.73 Å². The average Bonchev–Trinajstić information content (AvgIpc) is 2.20. The molecule has 0 aliphatic rings. The van der Waals surface area contributed by atoms with E-state index in [1.54, 1.807) is 14.2 Å². The maximum absolute atomic E-state index is 5.47. The fourth-order valence-corrected chi connectivity index (χ4v) is 1.31. The first-order valence-electron chi connectivity index (χ1n) is 4.14. The highest BCUT2D eigenvalue weighted by molar-refractivity contribution is 7.80. The lowest BCUT2D eigenvalue weighted by atomic mass is 10.1. The van der Waals surface area contributed by atoms with Crippen LogP contribution in [0, 0.1) is 0 Å². The molecule has 0 saturated heterocycles. The maximum Gasteiger partial charge on any atom is 0.183 e. The van der Waals surface area contributed by atoms with Crippen LogP contribution in [0.4, 0.5) is 0 Å². The highest BCUT2D eigenvalue weighted by Crippen LogP contribution is 2.17. The first-order chi connectivity index (χ1) is 6.69. The molecule has 0 aliphatic heterocycles. The van der Waals surface area contributed by atoms with E-state index in [2.05, 4.69) is 0 Å². The Kier molecular flexibility index (Phi) is 4.00. The Morgan fingerprint density at radius 2 is 1.71 bits per heavy atom. The Balaban J connectivity index is 2.87. The van der Waals surface area contributed by atoms with Gasteiger partial charge in [0.15, 0.2) is 6.29 Å². The van der Waals surface area contributed by atoms with Gasteiger partial charge in [-0.2, -0.15) is 0 Å². The first kappa shape index (κ1) is 11.1. The zero-order valence-corrected chi connectivity index (χ0v) is 9.01. The highest BCUT2D eigenvalue weighted by Gasteiger charge is 2.08. The van der Waals surface area contributed by atoms with Crippen LogP contribution in [0.1, 0.15) is 17.4 Å². The van der Waals surface area contributed by atoms with Crippen LogP contribution >= 0.6 is 12.2 Å². The van der Waals surface area contributed by atoms with Crippen molar-refractivity contribution >= 4 is 17.2 Å². The van der Waals surface area contributed by atoms with Gasteiger partial charge < -0.3 is 15.2 Å². The summed E-state index contributed by atoms with van der Waals surface area (Å²) in [6.07, 6.45) is -0.338. The Morgan fingerprint density at radius 3 is 2.07 bits per heavy atom. The minimum atomic E-state index is -0.338. The van der Waals surface area contributed by atoms with Gasteiger partial charge in [0, 0.05) is 25.3 Å². The minimum absolute atomic E-state index is 0.338. The molecule has 0 fully saturated rings. The Hall–Kier alpha value is -0.970. The number of rotatable bonds is 4. The molecule has 0 amide bonds. The molecule has 0 atom stereocenters. The summed E-state index contributed by atoms with van der Waals surface area (Å²) in [6, 6.07) is 7.46. The van der Waals surface area contributed by atoms with E-state index in [9.17, 15) is 0 Å². The largest absolute Gasteiger partial charge is 0.389 e. The summed E-state index contributed by atoms with van der Waals surface area (Å²) in [5, 5.41) is 0. The van der Waals surface area contributed by atoms with Crippen LogP contribution in [0.15, 0.2) is 24.3 Å². The van der Waals surface area contributed by atoms with E-state index in [4.69, 9.17) is 27.4 Å². The van der Waals surface area contributed by atoms with Crippen LogP contribution in [0.2, 0.25) is 0 Å². The van der Waals surface area contributed by atoms with Crippen LogP contribution in [-0.4, -0.2) is 19.2 Å². The van der Waals surface area contributed by atoms with Crippen molar-refractivity contribution in [2.24, 2.45) is 5.73 Å². The molecule has 1 aromatic rings. The second-order valence-corrected chi connectivity index (χ2v) is 3.23. The molecule has 0 bridgehead atoms. The Morgan fingerprint density at radius 1 is 1.21 bits per heavy atom. The molecule has 0 unspecified atom stereocenters. The lowest BCUT2D eigenvalue weighted by Crippen LogP contribution is -2.10. The standard InChI is InChI=1S/C10H13NO2S/c1-12-10(13-2)8-5-3-7(4-6-8)9(11)14/h3-6,10H,1-2H3,(H2,11,14). The van der Waals surface area contributed by atoms with Crippen LogP contribution in [0.3, 0.4) is 0 Å². The zero-order chi connectivity index (χ0) is 10.6. The lowest BCUT2D eigenvalue weighted by molar-refractivity contribution is -0.106. The molecule has 4 heteroatoms. The fraction of sp³-hybridized carbons (Fsp3) is 0.300. The monoisotopic (exact) mass is 211 g/mol. The molecular formula is C10H13NO2S. The van der Waals surface area contributed by atoms with Gasteiger partial charge in [-0.15, -0.1) is 0 Å². The lowest BCUT2D eigenvalue weighted by Gasteiger charge is -2.13. The number of methoxy groups -OCH3 is 2. The number of benzene rings is 1. The van der Waals surface area contributed by atoms with Gasteiger partial charge in [-0.1, -0.05) is 36.5 Å². The molecule has 0 spiro atoms. The van der Waals surface area contributed by atoms with Crippen molar-refractivity contribution in [3.05, 3.63) is 35.4 Å². The third-order valence-electron chi connectivity index (χ3n) is 1.90. The molecule has 76 valence electrons. The molecule has 2 N–H and O–H groups in total. The summed E-state index contributed by atoms with van der Waals surface area (Å²) in [6.45, 7) is 0. The Labute approximate surface area is 88.8 Å². The van der Waals surface area contributed by atoms with Crippen molar-refractivity contribution in [2.45, 2.75) is 6.29 Å². The van der Waals surface area contributed by atoms with Crippen LogP contribution in [0.25, 0.3) is 0 Å². The summed E-state index contributed by atoms with van der Waals surface area (Å²) in [5.74, 6) is 0. The number of thiocarbonyl (C=S) groups is 1. The third kappa shape index (κ3) is 2.51. The predicted octanol–water partition coefficient (Wildman–Crippen LogP) is 1.61. The fourth-order valence-electron chi connectivity index (χ4n) is 1.17. The summed E-state index contributed by atoms with van der Waals surface area (Å²) in [7, 11) is 3.19. The van der Waals surface area contributed by atoms with Crippen molar-refractivity contribution in [1.29, 1.82) is 0 Å². The van der Waals surface area contributed by atoms with Crippen molar-refractivity contribution in [2.75, 3.05) is 14.2 Å². The predicted molar refractivity (Wildman–Crippen MR) is 59.1 cm³/mol. The molecule has 1 aromatic carbocycles. The maximum atomic E-state index is 5.47. The number of nitrogens with two attached hydrogens (primary N) is 1. The van der Waals surface area contributed by atoms with E-state index in [-0.39, 0.29) is 6.29 Å². The smallest absolute Gasteiger partial charge is 0.183 e. The average molecular weight is 211 g/mol. The summed E-state index contributed by atoms with van der Waals surface area (Å²) >= 11 is 4.84. The van der Waals surface area contributed by atoms with Gasteiger partial charge in [-0.25, -0.2) is 0 Å². The Bertz CT molecular complexity index is 306. The molecule has 14 heavy (non-hydrogen) atoms. The van der Waals surface area contributed by atoms with E-state index in [1.165, 1.54) is 0 Å². The van der Waals surface area contributed by atoms with Gasteiger partial charge in [0.25, 0.3) is 0 Å². The first-order valence-corrected chi connectivity index (χ1v) is 4.55. The molecular weight excluding hydrogens is 198 g/mol. The van der Waals surface area contributed by atoms with E-state index in [0.29, 0.717) is 4.99 Å². The summed E-state index contributed by atoms with van der Waals surface area (Å²) < 4.78 is 10.2. The SMILES string of the molecule is COC(OC)c1ccc(C(N)=S)cc1. The van der Waals surface area contributed by atoms with Crippen molar-refractivity contribution < 1.29 is 9.47 Å². The van der Waals surface area contributed by atoms with Gasteiger partial charge >= 0.3 is 0 Å². The quantitative estimate of drug-likeness (QED) is 0.607. The van der Waals surface area contributed by atoms with Gasteiger partial charge in [0.1, 0.15) is 4.99 Å². The number of hydrogen-bond donors (Lipinski definition) is 1. The number of hydrogen-bond acceptors (Lipinski definition) is 3. The molecule has 0 heterocycles. The van der Waals surface area contributed by atoms with Crippen molar-refractivity contribution in [1.82, 2.24) is 0 Å².